The van der Waals surface area contributed by atoms with Crippen LogP contribution in [0.15, 0.2) is 114 Å². The molecule has 0 saturated heterocycles. The lowest BCUT2D eigenvalue weighted by molar-refractivity contribution is -0.384. The number of non-ortho nitro benzene ring substituents is 1. The van der Waals surface area contributed by atoms with Gasteiger partial charge < -0.3 is 34.2 Å². The van der Waals surface area contributed by atoms with E-state index >= 15 is 4.79 Å². The average Bonchev–Trinajstić information content (AvgIpc) is 3.26. The molecule has 1 fully saturated rings. The lowest BCUT2D eigenvalue weighted by atomic mass is 9.55. The maximum atomic E-state index is 15.1. The molecule has 7 rings (SSSR count). The Bertz CT molecular complexity index is 2240. The molecule has 0 spiro atoms. The predicted molar refractivity (Wildman–Crippen MR) is 230 cm³/mol. The first kappa shape index (κ1) is 42.6. The van der Waals surface area contributed by atoms with Gasteiger partial charge in [0.2, 0.25) is 5.79 Å². The highest BCUT2D eigenvalue weighted by molar-refractivity contribution is 6.04. The van der Waals surface area contributed by atoms with Gasteiger partial charge in [-0.05, 0) is 96.7 Å². The molecule has 6 atom stereocenters. The van der Waals surface area contributed by atoms with Crippen LogP contribution in [0.4, 0.5) is 5.69 Å². The van der Waals surface area contributed by atoms with Crippen LogP contribution in [-0.2, 0) is 9.57 Å². The number of allylic oxidation sites excluding steroid dienone is 1. The Labute approximate surface area is 351 Å². The van der Waals surface area contributed by atoms with E-state index in [0.29, 0.717) is 60.8 Å². The van der Waals surface area contributed by atoms with Crippen LogP contribution in [0.5, 0.6) is 17.2 Å². The Morgan fingerprint density at radius 1 is 0.983 bits per heavy atom. The third-order valence-corrected chi connectivity index (χ3v) is 12.2. The van der Waals surface area contributed by atoms with Gasteiger partial charge in [-0.15, -0.1) is 6.58 Å². The summed E-state index contributed by atoms with van der Waals surface area (Å²) in [6, 6.07) is 24.8. The number of aliphatic hydroxyl groups is 2. The molecule has 1 aliphatic heterocycles. The van der Waals surface area contributed by atoms with Crippen molar-refractivity contribution in [1.29, 1.82) is 0 Å². The van der Waals surface area contributed by atoms with Crippen molar-refractivity contribution < 1.29 is 39.0 Å². The van der Waals surface area contributed by atoms with Crippen LogP contribution in [0, 0.1) is 27.9 Å². The summed E-state index contributed by atoms with van der Waals surface area (Å²) < 4.78 is 20.7. The van der Waals surface area contributed by atoms with E-state index in [2.05, 4.69) is 17.8 Å². The van der Waals surface area contributed by atoms with E-state index in [1.807, 2.05) is 66.4 Å². The number of aliphatic hydroxyl groups excluding tert-OH is 2. The summed E-state index contributed by atoms with van der Waals surface area (Å²) in [5, 5.41) is 38.1. The number of unbranched alkanes of at least 4 members (excludes halogenated alkanes) is 2. The molecule has 4 aromatic carbocycles. The Balaban J connectivity index is 1.43. The van der Waals surface area contributed by atoms with Crippen LogP contribution < -0.4 is 9.47 Å². The standard InChI is InChI=1S/C48H55N3O9/c1-4-23-50(47(54)35-20-19-32-13-6-7-14-33(32)27-35)44-31-42(49-57-3)40-28-34(15-8-10-24-52)39(18-9-11-25-53)45-41-30-38(59-37-17-12-16-36(29-37)51(55)56)21-22-43(41)60-48(44,46(40)45)58-26-5-2/h5-7,12-14,16-17,19-22,27-30,34,39,44-46,52-53H,2,4,8-11,15,18,23-26,31H2,1,3H3. The number of rotatable bonds is 19. The molecular weight excluding hydrogens is 763 g/mol. The minimum absolute atomic E-state index is 0.0183. The maximum absolute atomic E-state index is 15.1. The fourth-order valence-electron chi connectivity index (χ4n) is 9.75. The monoisotopic (exact) mass is 817 g/mol. The third-order valence-electron chi connectivity index (χ3n) is 12.2. The van der Waals surface area contributed by atoms with Gasteiger partial charge in [0.05, 0.1) is 29.2 Å². The zero-order chi connectivity index (χ0) is 42.2. The van der Waals surface area contributed by atoms with Crippen molar-refractivity contribution in [3.05, 3.63) is 130 Å². The fraction of sp³-hybridized carbons (Fsp3) is 0.417. The van der Waals surface area contributed by atoms with E-state index in [0.717, 1.165) is 47.6 Å². The van der Waals surface area contributed by atoms with E-state index in [1.54, 1.807) is 24.3 Å². The van der Waals surface area contributed by atoms with Gasteiger partial charge in [0.15, 0.2) is 0 Å². The molecule has 0 aromatic heterocycles. The quantitative estimate of drug-likeness (QED) is 0.0408. The molecule has 60 heavy (non-hydrogen) atoms. The molecule has 12 nitrogen and oxygen atoms in total. The fourth-order valence-corrected chi connectivity index (χ4v) is 9.75. The molecule has 2 aliphatic carbocycles. The second-order valence-electron chi connectivity index (χ2n) is 15.9. The summed E-state index contributed by atoms with van der Waals surface area (Å²) in [6.45, 7) is 6.80. The number of nitro benzene ring substituents is 1. The van der Waals surface area contributed by atoms with Crippen molar-refractivity contribution in [2.45, 2.75) is 76.0 Å². The normalized spacial score (nSPS) is 23.5. The number of hydrogen-bond acceptors (Lipinski definition) is 10. The maximum Gasteiger partial charge on any atom is 0.273 e. The average molecular weight is 818 g/mol. The van der Waals surface area contributed by atoms with Gasteiger partial charge in [-0.2, -0.15) is 0 Å². The third kappa shape index (κ3) is 8.54. The molecule has 2 N–H and O–H groups in total. The van der Waals surface area contributed by atoms with Crippen molar-refractivity contribution in [3.8, 4) is 17.2 Å². The summed E-state index contributed by atoms with van der Waals surface area (Å²) in [7, 11) is 1.53. The Hall–Kier alpha value is -5.56. The molecular formula is C48H55N3O9. The molecule has 1 amide bonds. The summed E-state index contributed by atoms with van der Waals surface area (Å²) in [5.74, 6) is -0.827. The van der Waals surface area contributed by atoms with E-state index in [1.165, 1.54) is 19.2 Å². The number of benzene rings is 4. The van der Waals surface area contributed by atoms with Gasteiger partial charge in [-0.25, -0.2) is 0 Å². The molecule has 316 valence electrons. The van der Waals surface area contributed by atoms with Crippen molar-refractivity contribution in [1.82, 2.24) is 4.90 Å². The largest absolute Gasteiger partial charge is 0.459 e. The summed E-state index contributed by atoms with van der Waals surface area (Å²) in [6.07, 6.45) is 9.43. The highest BCUT2D eigenvalue weighted by Gasteiger charge is 2.65. The van der Waals surface area contributed by atoms with Gasteiger partial charge in [-0.3, -0.25) is 14.9 Å². The molecule has 12 heteroatoms. The van der Waals surface area contributed by atoms with Gasteiger partial charge in [0.1, 0.15) is 30.4 Å². The molecule has 6 unspecified atom stereocenters. The van der Waals surface area contributed by atoms with Crippen LogP contribution in [0.1, 0.15) is 80.1 Å². The van der Waals surface area contributed by atoms with E-state index in [-0.39, 0.29) is 49.2 Å². The minimum atomic E-state index is -1.40. The first-order valence-corrected chi connectivity index (χ1v) is 21.1. The highest BCUT2D eigenvalue weighted by atomic mass is 16.7. The molecule has 1 saturated carbocycles. The number of carbonyl (C=O) groups excluding carboxylic acids is 1. The second-order valence-corrected chi connectivity index (χ2v) is 15.9. The number of oxime groups is 1. The van der Waals surface area contributed by atoms with Gasteiger partial charge in [0.25, 0.3) is 11.6 Å². The van der Waals surface area contributed by atoms with E-state index in [4.69, 9.17) is 19.0 Å². The number of nitrogens with zero attached hydrogens (tertiary/aromatic N) is 3. The number of hydrogen-bond donors (Lipinski definition) is 2. The van der Waals surface area contributed by atoms with E-state index in [9.17, 15) is 20.3 Å². The molecule has 3 aliphatic rings. The number of ether oxygens (including phenoxy) is 3. The zero-order valence-corrected chi connectivity index (χ0v) is 34.4. The number of carbonyl (C=O) groups is 1. The second kappa shape index (κ2) is 19.2. The Morgan fingerprint density at radius 2 is 1.75 bits per heavy atom. The topological polar surface area (TPSA) is 153 Å². The number of nitro groups is 1. The molecule has 0 bridgehead atoms. The Morgan fingerprint density at radius 3 is 2.48 bits per heavy atom. The van der Waals surface area contributed by atoms with Crippen LogP contribution in [0.2, 0.25) is 0 Å². The molecule has 0 radical (unpaired) electrons. The van der Waals surface area contributed by atoms with Crippen molar-refractivity contribution >= 4 is 28.1 Å². The van der Waals surface area contributed by atoms with E-state index < -0.39 is 22.7 Å². The molecule has 1 heterocycles. The molecule has 4 aromatic rings. The predicted octanol–water partition coefficient (Wildman–Crippen LogP) is 9.36. The smallest absolute Gasteiger partial charge is 0.273 e. The number of amides is 1. The van der Waals surface area contributed by atoms with Crippen molar-refractivity contribution in [2.24, 2.45) is 22.9 Å². The van der Waals surface area contributed by atoms with Crippen molar-refractivity contribution in [2.75, 3.05) is 33.5 Å². The highest BCUT2D eigenvalue weighted by Crippen LogP contribution is 2.62. The van der Waals surface area contributed by atoms with Crippen LogP contribution >= 0.6 is 0 Å². The summed E-state index contributed by atoms with van der Waals surface area (Å²) >= 11 is 0. The first-order chi connectivity index (χ1) is 29.3. The van der Waals surface area contributed by atoms with Gasteiger partial charge in [0, 0.05) is 49.3 Å². The van der Waals surface area contributed by atoms with Crippen molar-refractivity contribution in [3.63, 3.8) is 0 Å². The summed E-state index contributed by atoms with van der Waals surface area (Å²) in [4.78, 5) is 33.7. The van der Waals surface area contributed by atoms with Gasteiger partial charge in [-0.1, -0.05) is 73.5 Å². The summed E-state index contributed by atoms with van der Waals surface area (Å²) in [5.41, 5.74) is 2.99. The lowest BCUT2D eigenvalue weighted by Crippen LogP contribution is -2.70. The lowest BCUT2D eigenvalue weighted by Gasteiger charge is -2.60. The van der Waals surface area contributed by atoms with Gasteiger partial charge >= 0.3 is 0 Å². The number of fused-ring (bicyclic) bond motifs is 3. The van der Waals surface area contributed by atoms with Crippen LogP contribution in [-0.4, -0.2) is 77.0 Å². The zero-order valence-electron chi connectivity index (χ0n) is 34.4. The van der Waals surface area contributed by atoms with Crippen LogP contribution in [0.25, 0.3) is 10.8 Å². The first-order valence-electron chi connectivity index (χ1n) is 21.1. The SMILES string of the molecule is C=CCOC12Oc3ccc(Oc4cccc([N+](=O)[O-])c4)cc3C3C(CCCCO)C(CCCCO)C=C(C(=NOC)CC1N(CCC)C(=O)c1ccc4ccccc4c1)C32. The minimum Gasteiger partial charge on any atom is -0.459 e. The van der Waals surface area contributed by atoms with Crippen LogP contribution in [0.3, 0.4) is 0 Å². The Kier molecular flexibility index (Phi) is 13.6.